The summed E-state index contributed by atoms with van der Waals surface area (Å²) in [7, 11) is 0. The highest BCUT2D eigenvalue weighted by atomic mass is 16.2. The maximum absolute atomic E-state index is 12.9. The molecule has 0 aromatic carbocycles. The second-order valence-electron chi connectivity index (χ2n) is 7.02. The number of carbonyl (C=O) groups excluding carboxylic acids is 1. The van der Waals surface area contributed by atoms with Crippen LogP contribution in [0.15, 0.2) is 0 Å². The van der Waals surface area contributed by atoms with Crippen molar-refractivity contribution in [2.45, 2.75) is 58.8 Å². The van der Waals surface area contributed by atoms with Gasteiger partial charge in [-0.05, 0) is 31.2 Å². The monoisotopic (exact) mass is 280 g/mol. The van der Waals surface area contributed by atoms with E-state index in [0.29, 0.717) is 11.8 Å². The molecule has 2 aliphatic rings. The molecule has 2 fully saturated rings. The van der Waals surface area contributed by atoms with Crippen LogP contribution in [0.25, 0.3) is 0 Å². The second kappa shape index (κ2) is 8.02. The minimum atomic E-state index is 0.246. The first-order valence-corrected chi connectivity index (χ1v) is 8.68. The Morgan fingerprint density at radius 2 is 1.85 bits per heavy atom. The van der Waals surface area contributed by atoms with Crippen molar-refractivity contribution in [3.05, 3.63) is 0 Å². The zero-order valence-corrected chi connectivity index (χ0v) is 13.4. The van der Waals surface area contributed by atoms with Crippen molar-refractivity contribution in [3.63, 3.8) is 0 Å². The van der Waals surface area contributed by atoms with Gasteiger partial charge in [0.15, 0.2) is 0 Å². The predicted octanol–water partition coefficient (Wildman–Crippen LogP) is 3.05. The lowest BCUT2D eigenvalue weighted by molar-refractivity contribution is -0.137. The fraction of sp³-hybridized carbons (Fsp3) is 0.941. The number of nitrogens with zero attached hydrogens (tertiary/aromatic N) is 1. The van der Waals surface area contributed by atoms with Crippen LogP contribution >= 0.6 is 0 Å². The Labute approximate surface area is 124 Å². The molecule has 116 valence electrons. The van der Waals surface area contributed by atoms with Crippen LogP contribution in [-0.4, -0.2) is 37.0 Å². The molecule has 1 saturated heterocycles. The Hall–Kier alpha value is -0.570. The molecule has 0 aromatic heterocycles. The molecular formula is C17H32N2O. The molecule has 1 aliphatic carbocycles. The molecule has 0 spiro atoms. The molecule has 1 amide bonds. The molecule has 1 unspecified atom stereocenters. The summed E-state index contributed by atoms with van der Waals surface area (Å²) in [6.07, 6.45) is 9.06. The van der Waals surface area contributed by atoms with Crippen molar-refractivity contribution in [1.29, 1.82) is 0 Å². The van der Waals surface area contributed by atoms with Crippen LogP contribution in [0, 0.1) is 17.8 Å². The maximum Gasteiger partial charge on any atom is 0.225 e. The Morgan fingerprint density at radius 3 is 2.55 bits per heavy atom. The summed E-state index contributed by atoms with van der Waals surface area (Å²) in [6.45, 7) is 8.30. The highest BCUT2D eigenvalue weighted by Gasteiger charge is 2.30. The van der Waals surface area contributed by atoms with Crippen molar-refractivity contribution in [2.24, 2.45) is 17.8 Å². The smallest absolute Gasteiger partial charge is 0.225 e. The number of nitrogens with one attached hydrogen (secondary N) is 1. The zero-order valence-electron chi connectivity index (χ0n) is 13.4. The highest BCUT2D eigenvalue weighted by molar-refractivity contribution is 5.79. The van der Waals surface area contributed by atoms with E-state index in [0.717, 1.165) is 44.9 Å². The molecule has 2 rings (SSSR count). The maximum atomic E-state index is 12.9. The van der Waals surface area contributed by atoms with E-state index in [9.17, 15) is 4.79 Å². The number of hydrogen-bond acceptors (Lipinski definition) is 2. The lowest BCUT2D eigenvalue weighted by atomic mass is 9.78. The van der Waals surface area contributed by atoms with E-state index in [1.165, 1.54) is 32.1 Å². The van der Waals surface area contributed by atoms with Gasteiger partial charge in [0, 0.05) is 25.6 Å². The molecule has 1 heterocycles. The molecular weight excluding hydrogens is 248 g/mol. The fourth-order valence-corrected chi connectivity index (χ4v) is 3.74. The lowest BCUT2D eigenvalue weighted by Crippen LogP contribution is -2.41. The topological polar surface area (TPSA) is 32.3 Å². The Kier molecular flexibility index (Phi) is 6.34. The van der Waals surface area contributed by atoms with Crippen molar-refractivity contribution in [3.8, 4) is 0 Å². The predicted molar refractivity (Wildman–Crippen MR) is 83.6 cm³/mol. The van der Waals surface area contributed by atoms with Gasteiger partial charge in [-0.25, -0.2) is 0 Å². The second-order valence-corrected chi connectivity index (χ2v) is 7.02. The third kappa shape index (κ3) is 4.47. The van der Waals surface area contributed by atoms with Crippen LogP contribution in [-0.2, 0) is 4.79 Å². The summed E-state index contributed by atoms with van der Waals surface area (Å²) in [5, 5.41) is 3.39. The van der Waals surface area contributed by atoms with Gasteiger partial charge in [0.1, 0.15) is 0 Å². The third-order valence-electron chi connectivity index (χ3n) is 5.09. The first kappa shape index (κ1) is 15.8. The van der Waals surface area contributed by atoms with E-state index >= 15 is 0 Å². The summed E-state index contributed by atoms with van der Waals surface area (Å²) < 4.78 is 0. The molecule has 20 heavy (non-hydrogen) atoms. The largest absolute Gasteiger partial charge is 0.341 e. The van der Waals surface area contributed by atoms with Crippen molar-refractivity contribution < 1.29 is 4.79 Å². The van der Waals surface area contributed by atoms with Crippen LogP contribution in [0.5, 0.6) is 0 Å². The Balaban J connectivity index is 1.93. The standard InChI is InChI=1S/C17H32N2O/c1-14(2)16(13-15-7-4-3-5-8-15)17(20)19-11-6-9-18-10-12-19/h14-16,18H,3-13H2,1-2H3. The number of hydrogen-bond donors (Lipinski definition) is 1. The summed E-state index contributed by atoms with van der Waals surface area (Å²) >= 11 is 0. The van der Waals surface area contributed by atoms with E-state index in [1.54, 1.807) is 0 Å². The van der Waals surface area contributed by atoms with Gasteiger partial charge < -0.3 is 10.2 Å². The van der Waals surface area contributed by atoms with Gasteiger partial charge >= 0.3 is 0 Å². The van der Waals surface area contributed by atoms with Crippen LogP contribution < -0.4 is 5.32 Å². The molecule has 0 aromatic rings. The average Bonchev–Trinajstić information content (AvgIpc) is 2.74. The normalized spacial score (nSPS) is 23.6. The van der Waals surface area contributed by atoms with Gasteiger partial charge in [0.05, 0.1) is 0 Å². The van der Waals surface area contributed by atoms with E-state index in [2.05, 4.69) is 24.1 Å². The fourth-order valence-electron chi connectivity index (χ4n) is 3.74. The molecule has 1 N–H and O–H groups in total. The number of carbonyl (C=O) groups is 1. The Bertz CT molecular complexity index is 289. The van der Waals surface area contributed by atoms with Crippen LogP contribution in [0.4, 0.5) is 0 Å². The molecule has 0 bridgehead atoms. The van der Waals surface area contributed by atoms with Crippen LogP contribution in [0.3, 0.4) is 0 Å². The summed E-state index contributed by atoms with van der Waals surface area (Å²) in [4.78, 5) is 15.0. The molecule has 3 heteroatoms. The number of rotatable bonds is 4. The van der Waals surface area contributed by atoms with E-state index in [4.69, 9.17) is 0 Å². The van der Waals surface area contributed by atoms with E-state index < -0.39 is 0 Å². The molecule has 0 radical (unpaired) electrons. The van der Waals surface area contributed by atoms with Gasteiger partial charge in [-0.2, -0.15) is 0 Å². The zero-order chi connectivity index (χ0) is 14.4. The minimum absolute atomic E-state index is 0.246. The SMILES string of the molecule is CC(C)C(CC1CCCCC1)C(=O)N1CCCNCC1. The van der Waals surface area contributed by atoms with Gasteiger partial charge in [-0.3, -0.25) is 4.79 Å². The van der Waals surface area contributed by atoms with Crippen molar-refractivity contribution >= 4 is 5.91 Å². The average molecular weight is 280 g/mol. The summed E-state index contributed by atoms with van der Waals surface area (Å²) in [5.41, 5.74) is 0. The van der Waals surface area contributed by atoms with Gasteiger partial charge in [-0.15, -0.1) is 0 Å². The van der Waals surface area contributed by atoms with Gasteiger partial charge in [0.25, 0.3) is 0 Å². The first-order valence-electron chi connectivity index (χ1n) is 8.68. The van der Waals surface area contributed by atoms with Gasteiger partial charge in [0.2, 0.25) is 5.91 Å². The molecule has 1 atom stereocenters. The minimum Gasteiger partial charge on any atom is -0.341 e. The summed E-state index contributed by atoms with van der Waals surface area (Å²) in [6, 6.07) is 0. The Morgan fingerprint density at radius 1 is 1.10 bits per heavy atom. The van der Waals surface area contributed by atoms with Gasteiger partial charge in [-0.1, -0.05) is 46.0 Å². The third-order valence-corrected chi connectivity index (χ3v) is 5.09. The first-order chi connectivity index (χ1) is 9.68. The number of amides is 1. The highest BCUT2D eigenvalue weighted by Crippen LogP contribution is 2.32. The molecule has 1 saturated carbocycles. The van der Waals surface area contributed by atoms with Crippen LogP contribution in [0.1, 0.15) is 58.8 Å². The lowest BCUT2D eigenvalue weighted by Gasteiger charge is -2.32. The molecule has 1 aliphatic heterocycles. The van der Waals surface area contributed by atoms with Crippen LogP contribution in [0.2, 0.25) is 0 Å². The van der Waals surface area contributed by atoms with Crippen molar-refractivity contribution in [1.82, 2.24) is 10.2 Å². The summed E-state index contributed by atoms with van der Waals surface area (Å²) in [5.74, 6) is 1.94. The quantitative estimate of drug-likeness (QED) is 0.858. The molecule has 3 nitrogen and oxygen atoms in total. The van der Waals surface area contributed by atoms with E-state index in [-0.39, 0.29) is 5.92 Å². The van der Waals surface area contributed by atoms with E-state index in [1.807, 2.05) is 0 Å². The van der Waals surface area contributed by atoms with Crippen molar-refractivity contribution in [2.75, 3.05) is 26.2 Å².